The molecule has 0 aliphatic rings. The minimum Gasteiger partial charge on any atom is -0.365 e. The second-order valence-electron chi connectivity index (χ2n) is 2.67. The highest BCUT2D eigenvalue weighted by Gasteiger charge is 2.04. The molecule has 0 saturated carbocycles. The zero-order valence-corrected chi connectivity index (χ0v) is 8.04. The minimum atomic E-state index is 0.164. The van der Waals surface area contributed by atoms with Crippen LogP contribution >= 0.6 is 11.6 Å². The molecule has 1 aromatic heterocycles. The van der Waals surface area contributed by atoms with Crippen LogP contribution in [0.1, 0.15) is 13.3 Å². The predicted octanol–water partition coefficient (Wildman–Crippen LogP) is 1.95. The van der Waals surface area contributed by atoms with Crippen LogP contribution in [0.4, 0.5) is 5.82 Å². The van der Waals surface area contributed by atoms with Crippen LogP contribution in [0.15, 0.2) is 12.5 Å². The van der Waals surface area contributed by atoms with Gasteiger partial charge in [0.15, 0.2) is 0 Å². The monoisotopic (exact) mass is 195 g/mol. The van der Waals surface area contributed by atoms with Crippen LogP contribution in [0.5, 0.6) is 0 Å². The van der Waals surface area contributed by atoms with Gasteiger partial charge in [0.2, 0.25) is 0 Å². The Hall–Kier alpha value is -1.27. The van der Waals surface area contributed by atoms with E-state index in [2.05, 4.69) is 21.2 Å². The van der Waals surface area contributed by atoms with E-state index in [0.717, 1.165) is 0 Å². The van der Waals surface area contributed by atoms with Crippen molar-refractivity contribution in [1.29, 1.82) is 0 Å². The Kier molecular flexibility index (Phi) is 3.53. The average Bonchev–Trinajstić information content (AvgIpc) is 2.09. The first-order chi connectivity index (χ1) is 6.24. The molecule has 1 N–H and O–H groups in total. The van der Waals surface area contributed by atoms with Crippen molar-refractivity contribution in [2.75, 3.05) is 5.32 Å². The fraction of sp³-hybridized carbons (Fsp3) is 0.333. The van der Waals surface area contributed by atoms with Gasteiger partial charge >= 0.3 is 0 Å². The maximum atomic E-state index is 5.83. The Balaban J connectivity index is 2.64. The molecule has 0 aliphatic heterocycles. The summed E-state index contributed by atoms with van der Waals surface area (Å²) in [6.07, 6.45) is 8.79. The summed E-state index contributed by atoms with van der Waals surface area (Å²) in [4.78, 5) is 7.75. The molecule has 1 aromatic rings. The SMILES string of the molecule is C#CCC(C)Nc1ncncc1Cl. The highest BCUT2D eigenvalue weighted by molar-refractivity contribution is 6.32. The summed E-state index contributed by atoms with van der Waals surface area (Å²) in [7, 11) is 0. The molecule has 13 heavy (non-hydrogen) atoms. The Morgan fingerprint density at radius 2 is 2.54 bits per heavy atom. The Morgan fingerprint density at radius 3 is 3.15 bits per heavy atom. The second-order valence-corrected chi connectivity index (χ2v) is 3.08. The van der Waals surface area contributed by atoms with Crippen molar-refractivity contribution in [3.8, 4) is 12.3 Å². The summed E-state index contributed by atoms with van der Waals surface area (Å²) in [6.45, 7) is 1.97. The minimum absolute atomic E-state index is 0.164. The molecule has 0 aliphatic carbocycles. The molecule has 1 atom stereocenters. The first-order valence-corrected chi connectivity index (χ1v) is 4.27. The van der Waals surface area contributed by atoms with Gasteiger partial charge in [-0.3, -0.25) is 0 Å². The zero-order chi connectivity index (χ0) is 9.68. The lowest BCUT2D eigenvalue weighted by Crippen LogP contribution is -2.15. The lowest BCUT2D eigenvalue weighted by atomic mass is 10.2. The quantitative estimate of drug-likeness (QED) is 0.750. The number of hydrogen-bond acceptors (Lipinski definition) is 3. The van der Waals surface area contributed by atoms with Gasteiger partial charge in [-0.15, -0.1) is 12.3 Å². The van der Waals surface area contributed by atoms with Crippen molar-refractivity contribution < 1.29 is 0 Å². The van der Waals surface area contributed by atoms with E-state index in [1.165, 1.54) is 6.33 Å². The smallest absolute Gasteiger partial charge is 0.148 e. The van der Waals surface area contributed by atoms with Crippen LogP contribution in [0.3, 0.4) is 0 Å². The summed E-state index contributed by atoms with van der Waals surface area (Å²) in [5, 5.41) is 3.59. The molecule has 0 saturated heterocycles. The van der Waals surface area contributed by atoms with E-state index in [0.29, 0.717) is 17.3 Å². The number of terminal acetylenes is 1. The Bertz CT molecular complexity index is 319. The highest BCUT2D eigenvalue weighted by atomic mass is 35.5. The third-order valence-electron chi connectivity index (χ3n) is 1.47. The number of anilines is 1. The maximum Gasteiger partial charge on any atom is 0.148 e. The van der Waals surface area contributed by atoms with Crippen molar-refractivity contribution in [2.24, 2.45) is 0 Å². The molecule has 0 bridgehead atoms. The second kappa shape index (κ2) is 4.68. The molecule has 0 spiro atoms. The first kappa shape index (κ1) is 9.82. The van der Waals surface area contributed by atoms with Crippen molar-refractivity contribution in [2.45, 2.75) is 19.4 Å². The molecule has 0 amide bonds. The lowest BCUT2D eigenvalue weighted by Gasteiger charge is -2.11. The van der Waals surface area contributed by atoms with Crippen LogP contribution in [0.25, 0.3) is 0 Å². The third-order valence-corrected chi connectivity index (χ3v) is 1.75. The normalized spacial score (nSPS) is 11.8. The zero-order valence-electron chi connectivity index (χ0n) is 7.29. The van der Waals surface area contributed by atoms with Crippen molar-refractivity contribution >= 4 is 17.4 Å². The molecule has 1 rings (SSSR count). The van der Waals surface area contributed by atoms with E-state index in [-0.39, 0.29) is 6.04 Å². The van der Waals surface area contributed by atoms with E-state index in [4.69, 9.17) is 18.0 Å². The largest absolute Gasteiger partial charge is 0.365 e. The summed E-state index contributed by atoms with van der Waals surface area (Å²) in [6, 6.07) is 0.164. The molecule has 0 radical (unpaired) electrons. The van der Waals surface area contributed by atoms with Crippen molar-refractivity contribution in [3.63, 3.8) is 0 Å². The van der Waals surface area contributed by atoms with E-state index in [1.54, 1.807) is 6.20 Å². The van der Waals surface area contributed by atoms with Crippen molar-refractivity contribution in [1.82, 2.24) is 9.97 Å². The molecule has 0 fully saturated rings. The van der Waals surface area contributed by atoms with Gasteiger partial charge in [0.05, 0.1) is 6.20 Å². The van der Waals surface area contributed by atoms with E-state index in [9.17, 15) is 0 Å². The van der Waals surface area contributed by atoms with Crippen LogP contribution < -0.4 is 5.32 Å². The number of hydrogen-bond donors (Lipinski definition) is 1. The first-order valence-electron chi connectivity index (χ1n) is 3.89. The molecule has 0 aromatic carbocycles. The molecule has 1 heterocycles. The van der Waals surface area contributed by atoms with E-state index in [1.807, 2.05) is 6.92 Å². The number of nitrogens with zero attached hydrogens (tertiary/aromatic N) is 2. The fourth-order valence-electron chi connectivity index (χ4n) is 0.880. The van der Waals surface area contributed by atoms with Gasteiger partial charge in [-0.2, -0.15) is 0 Å². The van der Waals surface area contributed by atoms with E-state index >= 15 is 0 Å². The highest BCUT2D eigenvalue weighted by Crippen LogP contribution is 2.17. The van der Waals surface area contributed by atoms with Crippen LogP contribution in [0.2, 0.25) is 5.02 Å². The van der Waals surface area contributed by atoms with E-state index < -0.39 is 0 Å². The molecular formula is C9H10ClN3. The summed E-state index contributed by atoms with van der Waals surface area (Å²) in [5.41, 5.74) is 0. The van der Waals surface area contributed by atoms with Gasteiger partial charge in [-0.05, 0) is 6.92 Å². The van der Waals surface area contributed by atoms with Gasteiger partial charge in [0, 0.05) is 12.5 Å². The molecular weight excluding hydrogens is 186 g/mol. The number of aromatic nitrogens is 2. The van der Waals surface area contributed by atoms with Crippen molar-refractivity contribution in [3.05, 3.63) is 17.5 Å². The lowest BCUT2D eigenvalue weighted by molar-refractivity contribution is 0.820. The predicted molar refractivity (Wildman–Crippen MR) is 53.6 cm³/mol. The van der Waals surface area contributed by atoms with Gasteiger partial charge < -0.3 is 5.32 Å². The molecule has 4 heteroatoms. The molecule has 3 nitrogen and oxygen atoms in total. The number of rotatable bonds is 3. The summed E-state index contributed by atoms with van der Waals surface area (Å²) < 4.78 is 0. The van der Waals surface area contributed by atoms with Crippen LogP contribution in [-0.4, -0.2) is 16.0 Å². The average molecular weight is 196 g/mol. The van der Waals surface area contributed by atoms with Gasteiger partial charge in [0.1, 0.15) is 17.2 Å². The van der Waals surface area contributed by atoms with Gasteiger partial charge in [-0.25, -0.2) is 9.97 Å². The van der Waals surface area contributed by atoms with Crippen LogP contribution in [-0.2, 0) is 0 Å². The maximum absolute atomic E-state index is 5.83. The van der Waals surface area contributed by atoms with Gasteiger partial charge in [-0.1, -0.05) is 11.6 Å². The number of halogens is 1. The fourth-order valence-corrected chi connectivity index (χ4v) is 1.04. The third kappa shape index (κ3) is 2.92. The van der Waals surface area contributed by atoms with Gasteiger partial charge in [0.25, 0.3) is 0 Å². The summed E-state index contributed by atoms with van der Waals surface area (Å²) in [5.74, 6) is 3.18. The molecule has 1 unspecified atom stereocenters. The molecule has 68 valence electrons. The Labute approximate surface area is 82.5 Å². The summed E-state index contributed by atoms with van der Waals surface area (Å²) >= 11 is 5.83. The van der Waals surface area contributed by atoms with Crippen LogP contribution in [0, 0.1) is 12.3 Å². The Morgan fingerprint density at radius 1 is 1.77 bits per heavy atom. The standard InChI is InChI=1S/C9H10ClN3/c1-3-4-7(2)13-9-8(10)5-11-6-12-9/h1,5-7H,4H2,2H3,(H,11,12,13). The number of nitrogens with one attached hydrogen (secondary N) is 1. The topological polar surface area (TPSA) is 37.8 Å².